The van der Waals surface area contributed by atoms with Crippen molar-refractivity contribution in [2.24, 2.45) is 5.73 Å². The molecule has 0 atom stereocenters. The molecule has 0 amide bonds. The Balaban J connectivity index is 2.30. The first-order valence-corrected chi connectivity index (χ1v) is 10.2. The molecule has 5 heteroatoms. The van der Waals surface area contributed by atoms with E-state index >= 15 is 0 Å². The van der Waals surface area contributed by atoms with Gasteiger partial charge in [-0.2, -0.15) is 5.10 Å². The molecule has 0 radical (unpaired) electrons. The number of benzene rings is 1. The Kier molecular flexibility index (Phi) is 3.87. The molecule has 2 aromatic rings. The largest absolute Gasteiger partial charge is 0.389 e. The molecule has 100 valence electrons. The molecule has 2 rings (SSSR count). The lowest BCUT2D eigenvalue weighted by Gasteiger charge is -2.20. The average Bonchev–Trinajstić information content (AvgIpc) is 2.77. The van der Waals surface area contributed by atoms with Crippen LogP contribution in [0, 0.1) is 0 Å². The Morgan fingerprint density at radius 3 is 2.58 bits per heavy atom. The molecule has 0 bridgehead atoms. The van der Waals surface area contributed by atoms with Crippen LogP contribution >= 0.6 is 12.2 Å². The zero-order valence-corrected chi connectivity index (χ0v) is 13.4. The molecule has 0 unspecified atom stereocenters. The summed E-state index contributed by atoms with van der Waals surface area (Å²) in [6, 6.07) is 8.60. The summed E-state index contributed by atoms with van der Waals surface area (Å²) in [5, 5.41) is 5.79. The predicted molar refractivity (Wildman–Crippen MR) is 86.6 cm³/mol. The van der Waals surface area contributed by atoms with E-state index in [-0.39, 0.29) is 0 Å². The summed E-state index contributed by atoms with van der Waals surface area (Å²) >= 11 is 4.96. The highest BCUT2D eigenvalue weighted by Gasteiger charge is 2.19. The van der Waals surface area contributed by atoms with E-state index in [0.717, 1.165) is 12.1 Å². The van der Waals surface area contributed by atoms with Crippen molar-refractivity contribution in [3.63, 3.8) is 0 Å². The van der Waals surface area contributed by atoms with Crippen molar-refractivity contribution >= 4 is 30.5 Å². The fourth-order valence-corrected chi connectivity index (χ4v) is 3.97. The van der Waals surface area contributed by atoms with Crippen LogP contribution in [-0.4, -0.2) is 22.8 Å². The second-order valence-electron chi connectivity index (χ2n) is 5.70. The molecule has 2 N–H and O–H groups in total. The zero-order valence-electron chi connectivity index (χ0n) is 11.6. The molecule has 0 aliphatic carbocycles. The number of thiocarbonyl (C=S) groups is 1. The van der Waals surface area contributed by atoms with Gasteiger partial charge in [-0.05, 0) is 5.56 Å². The van der Waals surface area contributed by atoms with Crippen molar-refractivity contribution in [1.82, 2.24) is 9.78 Å². The Morgan fingerprint density at radius 1 is 1.32 bits per heavy atom. The van der Waals surface area contributed by atoms with Crippen LogP contribution in [0.2, 0.25) is 19.6 Å². The summed E-state index contributed by atoms with van der Waals surface area (Å²) in [6.07, 6.45) is 3.63. The fraction of sp³-hybridized carbons (Fsp3) is 0.286. The van der Waals surface area contributed by atoms with Crippen LogP contribution < -0.4 is 10.9 Å². The van der Waals surface area contributed by atoms with Gasteiger partial charge in [-0.25, -0.2) is 0 Å². The van der Waals surface area contributed by atoms with Gasteiger partial charge in [0.1, 0.15) is 4.99 Å². The minimum absolute atomic E-state index is 0.393. The maximum Gasteiger partial charge on any atom is 0.107 e. The summed E-state index contributed by atoms with van der Waals surface area (Å²) in [4.78, 5) is 0.393. The fourth-order valence-electron chi connectivity index (χ4n) is 2.14. The summed E-state index contributed by atoms with van der Waals surface area (Å²) in [6.45, 7) is 7.84. The average molecular weight is 289 g/mol. The van der Waals surface area contributed by atoms with Crippen molar-refractivity contribution in [3.05, 3.63) is 47.8 Å². The molecule has 0 fully saturated rings. The van der Waals surface area contributed by atoms with Gasteiger partial charge in [-0.3, -0.25) is 4.68 Å². The Morgan fingerprint density at radius 2 is 2.00 bits per heavy atom. The molecule has 0 saturated carbocycles. The Bertz CT molecular complexity index is 599. The summed E-state index contributed by atoms with van der Waals surface area (Å²) in [5.41, 5.74) is 7.76. The normalized spacial score (nSPS) is 11.5. The highest BCUT2D eigenvalue weighted by atomic mass is 32.1. The minimum Gasteiger partial charge on any atom is -0.389 e. The number of hydrogen-bond donors (Lipinski definition) is 1. The van der Waals surface area contributed by atoms with Crippen molar-refractivity contribution in [3.8, 4) is 0 Å². The summed E-state index contributed by atoms with van der Waals surface area (Å²) in [5.74, 6) is 0. The monoisotopic (exact) mass is 289 g/mol. The van der Waals surface area contributed by atoms with Gasteiger partial charge in [0, 0.05) is 11.8 Å². The van der Waals surface area contributed by atoms with Crippen LogP contribution in [0.15, 0.2) is 36.7 Å². The molecule has 1 aromatic heterocycles. The summed E-state index contributed by atoms with van der Waals surface area (Å²) < 4.78 is 1.90. The minimum atomic E-state index is -1.34. The first-order valence-electron chi connectivity index (χ1n) is 6.28. The van der Waals surface area contributed by atoms with E-state index in [1.54, 1.807) is 6.20 Å². The lowest BCUT2D eigenvalue weighted by molar-refractivity contribution is 0.689. The number of rotatable bonds is 4. The van der Waals surface area contributed by atoms with E-state index < -0.39 is 8.07 Å². The van der Waals surface area contributed by atoms with E-state index in [2.05, 4.69) is 49.0 Å². The summed E-state index contributed by atoms with van der Waals surface area (Å²) in [7, 11) is -1.34. The third kappa shape index (κ3) is 3.30. The third-order valence-electron chi connectivity index (χ3n) is 3.08. The third-order valence-corrected chi connectivity index (χ3v) is 5.41. The number of aromatic nitrogens is 2. The highest BCUT2D eigenvalue weighted by Crippen LogP contribution is 2.09. The molecule has 0 spiro atoms. The van der Waals surface area contributed by atoms with E-state index in [1.807, 2.05) is 10.9 Å². The van der Waals surface area contributed by atoms with Gasteiger partial charge in [0.25, 0.3) is 0 Å². The van der Waals surface area contributed by atoms with E-state index in [1.165, 1.54) is 10.8 Å². The number of nitrogens with two attached hydrogens (primary N) is 1. The lowest BCUT2D eigenvalue weighted by atomic mass is 10.2. The molecular formula is C14H19N3SSi. The Hall–Kier alpha value is -1.46. The van der Waals surface area contributed by atoms with Gasteiger partial charge in [0.05, 0.1) is 20.8 Å². The molecular weight excluding hydrogens is 270 g/mol. The predicted octanol–water partition coefficient (Wildman–Crippen LogP) is 2.11. The Labute approximate surface area is 120 Å². The van der Waals surface area contributed by atoms with Crippen molar-refractivity contribution in [1.29, 1.82) is 0 Å². The van der Waals surface area contributed by atoms with Crippen LogP contribution in [0.1, 0.15) is 11.1 Å². The molecule has 0 saturated heterocycles. The SMILES string of the molecule is C[Si](C)(C)c1ccccc1Cn1cc(C(N)=S)cn1. The van der Waals surface area contributed by atoms with Crippen LogP contribution in [0.5, 0.6) is 0 Å². The molecule has 3 nitrogen and oxygen atoms in total. The van der Waals surface area contributed by atoms with Crippen LogP contribution in [0.3, 0.4) is 0 Å². The standard InChI is InChI=1S/C14H19N3SSi/c1-19(2,3)13-7-5-4-6-11(13)9-17-10-12(8-16-17)14(15)18/h4-8,10H,9H2,1-3H3,(H2,15,18). The van der Waals surface area contributed by atoms with Gasteiger partial charge in [-0.15, -0.1) is 0 Å². The van der Waals surface area contributed by atoms with E-state index in [0.29, 0.717) is 4.99 Å². The lowest BCUT2D eigenvalue weighted by Crippen LogP contribution is -2.40. The van der Waals surface area contributed by atoms with Crippen LogP contribution in [0.4, 0.5) is 0 Å². The van der Waals surface area contributed by atoms with Gasteiger partial charge in [0.2, 0.25) is 0 Å². The van der Waals surface area contributed by atoms with Crippen molar-refractivity contribution in [2.75, 3.05) is 0 Å². The van der Waals surface area contributed by atoms with Crippen LogP contribution in [0.25, 0.3) is 0 Å². The maximum absolute atomic E-state index is 5.60. The van der Waals surface area contributed by atoms with E-state index in [4.69, 9.17) is 18.0 Å². The molecule has 0 aliphatic heterocycles. The molecule has 1 aromatic carbocycles. The first kappa shape index (κ1) is 14.0. The van der Waals surface area contributed by atoms with Crippen molar-refractivity contribution in [2.45, 2.75) is 26.2 Å². The smallest absolute Gasteiger partial charge is 0.107 e. The zero-order chi connectivity index (χ0) is 14.0. The van der Waals surface area contributed by atoms with Crippen LogP contribution in [-0.2, 0) is 6.54 Å². The van der Waals surface area contributed by atoms with Gasteiger partial charge < -0.3 is 5.73 Å². The van der Waals surface area contributed by atoms with E-state index in [9.17, 15) is 0 Å². The molecule has 0 aliphatic rings. The topological polar surface area (TPSA) is 43.8 Å². The van der Waals surface area contributed by atoms with Gasteiger partial charge >= 0.3 is 0 Å². The number of nitrogens with zero attached hydrogens (tertiary/aromatic N) is 2. The maximum atomic E-state index is 5.60. The second-order valence-corrected chi connectivity index (χ2v) is 11.2. The van der Waals surface area contributed by atoms with Crippen molar-refractivity contribution < 1.29 is 0 Å². The van der Waals surface area contributed by atoms with Gasteiger partial charge in [0.15, 0.2) is 0 Å². The van der Waals surface area contributed by atoms with Gasteiger partial charge in [-0.1, -0.05) is 61.3 Å². The molecule has 19 heavy (non-hydrogen) atoms. The quantitative estimate of drug-likeness (QED) is 0.692. The first-order chi connectivity index (χ1) is 8.88. The highest BCUT2D eigenvalue weighted by molar-refractivity contribution is 7.80. The second kappa shape index (κ2) is 5.26. The number of hydrogen-bond acceptors (Lipinski definition) is 2. The molecule has 1 heterocycles.